The van der Waals surface area contributed by atoms with Crippen LogP contribution in [0.5, 0.6) is 0 Å². The molecule has 124 valence electrons. The molecule has 2 aromatic heterocycles. The van der Waals surface area contributed by atoms with Crippen molar-refractivity contribution in [1.82, 2.24) is 19.9 Å². The summed E-state index contributed by atoms with van der Waals surface area (Å²) in [5.74, 6) is 2.00. The Morgan fingerprint density at radius 1 is 1.22 bits per heavy atom. The van der Waals surface area contributed by atoms with Gasteiger partial charge >= 0.3 is 0 Å². The summed E-state index contributed by atoms with van der Waals surface area (Å²) in [4.78, 5) is 17.3. The molecule has 2 aliphatic heterocycles. The molecule has 0 saturated carbocycles. The van der Waals surface area contributed by atoms with Crippen LogP contribution < -0.4 is 4.90 Å². The van der Waals surface area contributed by atoms with Crippen LogP contribution >= 0.6 is 0 Å². The molecule has 23 heavy (non-hydrogen) atoms. The van der Waals surface area contributed by atoms with E-state index in [4.69, 9.17) is 4.42 Å². The molecule has 2 saturated heterocycles. The summed E-state index contributed by atoms with van der Waals surface area (Å²) in [5.41, 5.74) is 1.21. The van der Waals surface area contributed by atoms with Crippen molar-refractivity contribution < 1.29 is 12.8 Å². The van der Waals surface area contributed by atoms with Crippen molar-refractivity contribution in [3.05, 3.63) is 12.2 Å². The topological polar surface area (TPSA) is 92.4 Å². The Bertz CT molecular complexity index is 826. The van der Waals surface area contributed by atoms with Crippen molar-refractivity contribution in [2.24, 2.45) is 0 Å². The number of anilines is 1. The van der Waals surface area contributed by atoms with Crippen molar-refractivity contribution >= 4 is 26.9 Å². The molecule has 9 heteroatoms. The first-order valence-corrected chi connectivity index (χ1v) is 9.61. The van der Waals surface area contributed by atoms with E-state index in [1.165, 1.54) is 6.33 Å². The third-order valence-electron chi connectivity index (χ3n) is 4.62. The van der Waals surface area contributed by atoms with E-state index in [-0.39, 0.29) is 6.04 Å². The van der Waals surface area contributed by atoms with E-state index in [2.05, 4.69) is 24.8 Å². The Balaban J connectivity index is 1.49. The Hall–Kier alpha value is -1.74. The van der Waals surface area contributed by atoms with Crippen molar-refractivity contribution in [3.63, 3.8) is 0 Å². The third-order valence-corrected chi connectivity index (χ3v) is 6.37. The molecule has 2 aromatic rings. The molecule has 0 amide bonds. The van der Waals surface area contributed by atoms with Crippen molar-refractivity contribution in [3.8, 4) is 0 Å². The van der Waals surface area contributed by atoms with Crippen LogP contribution in [0.2, 0.25) is 0 Å². The number of hydrogen-bond donors (Lipinski definition) is 0. The maximum absolute atomic E-state index is 11.6. The van der Waals surface area contributed by atoms with Crippen molar-refractivity contribution in [2.75, 3.05) is 42.6 Å². The first-order chi connectivity index (χ1) is 11.0. The number of sulfone groups is 1. The highest BCUT2D eigenvalue weighted by Crippen LogP contribution is 2.25. The fraction of sp³-hybridized carbons (Fsp3) is 0.643. The van der Waals surface area contributed by atoms with Gasteiger partial charge in [-0.3, -0.25) is 4.90 Å². The monoisotopic (exact) mass is 337 g/mol. The molecule has 0 unspecified atom stereocenters. The summed E-state index contributed by atoms with van der Waals surface area (Å²) in [5, 5.41) is 0. The van der Waals surface area contributed by atoms with Gasteiger partial charge in [-0.15, -0.1) is 0 Å². The molecule has 2 aliphatic rings. The number of aromatic nitrogens is 3. The lowest BCUT2D eigenvalue weighted by atomic mass is 10.2. The van der Waals surface area contributed by atoms with Gasteiger partial charge in [0, 0.05) is 39.1 Å². The van der Waals surface area contributed by atoms with E-state index < -0.39 is 9.84 Å². The summed E-state index contributed by atoms with van der Waals surface area (Å²) in [6, 6.07) is 0.168. The smallest absolute Gasteiger partial charge is 0.252 e. The average molecular weight is 337 g/mol. The van der Waals surface area contributed by atoms with Gasteiger partial charge in [0.2, 0.25) is 0 Å². The molecule has 0 radical (unpaired) electrons. The predicted molar refractivity (Wildman–Crippen MR) is 85.2 cm³/mol. The van der Waals surface area contributed by atoms with Crippen molar-refractivity contribution in [2.45, 2.75) is 19.4 Å². The highest BCUT2D eigenvalue weighted by Gasteiger charge is 2.34. The van der Waals surface area contributed by atoms with Crippen LogP contribution in [0, 0.1) is 6.92 Å². The molecule has 1 atom stereocenters. The molecule has 0 aromatic carbocycles. The molecule has 0 N–H and O–H groups in total. The van der Waals surface area contributed by atoms with E-state index in [0.717, 1.165) is 38.4 Å². The van der Waals surface area contributed by atoms with E-state index in [1.54, 1.807) is 6.92 Å². The van der Waals surface area contributed by atoms with Crippen molar-refractivity contribution in [1.29, 1.82) is 0 Å². The van der Waals surface area contributed by atoms with Gasteiger partial charge < -0.3 is 9.32 Å². The van der Waals surface area contributed by atoms with Gasteiger partial charge in [-0.05, 0) is 6.42 Å². The Labute approximate surface area is 134 Å². The van der Waals surface area contributed by atoms with E-state index >= 15 is 0 Å². The number of fused-ring (bicyclic) bond motifs is 1. The lowest BCUT2D eigenvalue weighted by Gasteiger charge is -2.38. The molecule has 8 nitrogen and oxygen atoms in total. The zero-order valence-corrected chi connectivity index (χ0v) is 13.8. The number of hydrogen-bond acceptors (Lipinski definition) is 8. The standard InChI is InChI=1S/C14H19N5O3S/c1-10-17-12-13(15-9-16-14(12)22-10)19-5-3-18(4-6-19)11-2-7-23(20,21)8-11/h9,11H,2-8H2,1H3/t11-/m0/s1. The average Bonchev–Trinajstić information content (AvgIpc) is 3.08. The zero-order valence-electron chi connectivity index (χ0n) is 13.0. The highest BCUT2D eigenvalue weighted by molar-refractivity contribution is 7.91. The quantitative estimate of drug-likeness (QED) is 0.769. The number of piperazine rings is 1. The summed E-state index contributed by atoms with van der Waals surface area (Å²) < 4.78 is 28.7. The number of oxazole rings is 1. The van der Waals surface area contributed by atoms with E-state index in [1.807, 2.05) is 0 Å². The third kappa shape index (κ3) is 2.78. The largest absolute Gasteiger partial charge is 0.422 e. The lowest BCUT2D eigenvalue weighted by Crippen LogP contribution is -2.51. The molecule has 0 bridgehead atoms. The Morgan fingerprint density at radius 2 is 2.00 bits per heavy atom. The van der Waals surface area contributed by atoms with Crippen LogP contribution in [0.15, 0.2) is 10.7 Å². The minimum absolute atomic E-state index is 0.168. The molecule has 0 aliphatic carbocycles. The number of nitrogens with zero attached hydrogens (tertiary/aromatic N) is 5. The summed E-state index contributed by atoms with van der Waals surface area (Å²) in [6.07, 6.45) is 2.25. The van der Waals surface area contributed by atoms with Gasteiger partial charge in [-0.25, -0.2) is 18.4 Å². The fourth-order valence-electron chi connectivity index (χ4n) is 3.44. The van der Waals surface area contributed by atoms with Gasteiger partial charge in [0.1, 0.15) is 6.33 Å². The normalized spacial score (nSPS) is 25.3. The maximum Gasteiger partial charge on any atom is 0.252 e. The first-order valence-electron chi connectivity index (χ1n) is 7.79. The van der Waals surface area contributed by atoms with E-state index in [9.17, 15) is 8.42 Å². The summed E-state index contributed by atoms with van der Waals surface area (Å²) in [7, 11) is -2.83. The molecule has 4 rings (SSSR count). The van der Waals surface area contributed by atoms with Gasteiger partial charge in [-0.2, -0.15) is 4.98 Å². The number of aryl methyl sites for hydroxylation is 1. The Morgan fingerprint density at radius 3 is 2.70 bits per heavy atom. The first kappa shape index (κ1) is 14.8. The second-order valence-corrected chi connectivity index (χ2v) is 8.39. The molecule has 4 heterocycles. The number of rotatable bonds is 2. The SMILES string of the molecule is Cc1nc2c(N3CCN([C@H]4CCS(=O)(=O)C4)CC3)ncnc2o1. The van der Waals surface area contributed by atoms with Crippen LogP contribution in [0.25, 0.3) is 11.2 Å². The summed E-state index contributed by atoms with van der Waals surface area (Å²) >= 11 is 0. The minimum Gasteiger partial charge on any atom is -0.422 e. The molecular weight excluding hydrogens is 318 g/mol. The second-order valence-electron chi connectivity index (χ2n) is 6.16. The van der Waals surface area contributed by atoms with Crippen LogP contribution in [0.1, 0.15) is 12.3 Å². The predicted octanol–water partition coefficient (Wildman–Crippen LogP) is 0.235. The minimum atomic E-state index is -2.83. The van der Waals surface area contributed by atoms with Gasteiger partial charge in [-0.1, -0.05) is 0 Å². The van der Waals surface area contributed by atoms with Crippen LogP contribution in [0.3, 0.4) is 0 Å². The Kier molecular flexibility index (Phi) is 3.49. The zero-order chi connectivity index (χ0) is 16.0. The maximum atomic E-state index is 11.6. The molecule has 2 fully saturated rings. The molecular formula is C14H19N5O3S. The fourth-order valence-corrected chi connectivity index (χ4v) is 5.20. The van der Waals surface area contributed by atoms with Gasteiger partial charge in [0.05, 0.1) is 11.5 Å². The van der Waals surface area contributed by atoms with Crippen LogP contribution in [-0.4, -0.2) is 72.0 Å². The highest BCUT2D eigenvalue weighted by atomic mass is 32.2. The van der Waals surface area contributed by atoms with Crippen LogP contribution in [0.4, 0.5) is 5.82 Å². The van der Waals surface area contributed by atoms with Gasteiger partial charge in [0.15, 0.2) is 27.1 Å². The van der Waals surface area contributed by atoms with E-state index in [0.29, 0.717) is 28.6 Å². The van der Waals surface area contributed by atoms with Crippen LogP contribution in [-0.2, 0) is 9.84 Å². The van der Waals surface area contributed by atoms with Gasteiger partial charge in [0.25, 0.3) is 5.71 Å². The summed E-state index contributed by atoms with van der Waals surface area (Å²) in [6.45, 7) is 5.07. The second kappa shape index (κ2) is 5.41. The lowest BCUT2D eigenvalue weighted by molar-refractivity contribution is 0.200. The molecule has 0 spiro atoms.